The second-order valence-corrected chi connectivity index (χ2v) is 7.63. The van der Waals surface area contributed by atoms with Crippen molar-refractivity contribution in [3.63, 3.8) is 0 Å². The van der Waals surface area contributed by atoms with Gasteiger partial charge in [0.2, 0.25) is 0 Å². The number of benzene rings is 1. The summed E-state index contributed by atoms with van der Waals surface area (Å²) >= 11 is 0. The van der Waals surface area contributed by atoms with Crippen LogP contribution in [0.1, 0.15) is 55.8 Å². The van der Waals surface area contributed by atoms with Crippen molar-refractivity contribution in [1.29, 1.82) is 0 Å². The van der Waals surface area contributed by atoms with E-state index in [0.717, 1.165) is 38.2 Å². The molecule has 2 aliphatic rings. The summed E-state index contributed by atoms with van der Waals surface area (Å²) < 4.78 is 15.7. The number of piperidine rings is 1. The van der Waals surface area contributed by atoms with E-state index >= 15 is 0 Å². The molecule has 1 saturated carbocycles. The van der Waals surface area contributed by atoms with E-state index in [1.165, 1.54) is 19.6 Å². The molecule has 1 saturated heterocycles. The van der Waals surface area contributed by atoms with Crippen LogP contribution in [0.25, 0.3) is 0 Å². The number of hydrogen-bond donors (Lipinski definition) is 0. The Bertz CT molecular complexity index is 809. The number of fused-ring (bicyclic) bond motifs is 1. The van der Waals surface area contributed by atoms with Gasteiger partial charge in [-0.15, -0.1) is 0 Å². The smallest absolute Gasteiger partial charge is 0.345 e. The lowest BCUT2D eigenvalue weighted by atomic mass is 9.78. The first-order valence-corrected chi connectivity index (χ1v) is 10.4. The maximum Gasteiger partial charge on any atom is 0.345 e. The zero-order valence-electron chi connectivity index (χ0n) is 17.4. The van der Waals surface area contributed by atoms with Crippen molar-refractivity contribution in [1.82, 2.24) is 4.90 Å². The third-order valence-corrected chi connectivity index (χ3v) is 5.89. The molecule has 1 aromatic carbocycles. The number of nitrogens with zero attached hydrogens (tertiary/aromatic N) is 2. The lowest BCUT2D eigenvalue weighted by Crippen LogP contribution is -2.50. The van der Waals surface area contributed by atoms with Crippen LogP contribution in [0.15, 0.2) is 12.1 Å². The fraction of sp³-hybridized carbons (Fsp3) is 0.619. The highest BCUT2D eigenvalue weighted by Gasteiger charge is 2.36. The van der Waals surface area contributed by atoms with Gasteiger partial charge in [0, 0.05) is 18.7 Å². The van der Waals surface area contributed by atoms with Gasteiger partial charge in [0.05, 0.1) is 24.7 Å². The third-order valence-electron chi connectivity index (χ3n) is 5.89. The van der Waals surface area contributed by atoms with Crippen molar-refractivity contribution in [2.45, 2.75) is 51.5 Å². The Labute approximate surface area is 175 Å². The second-order valence-electron chi connectivity index (χ2n) is 7.63. The van der Waals surface area contributed by atoms with E-state index in [2.05, 4.69) is 0 Å². The molecule has 9 heteroatoms. The number of carbonyl (C=O) groups is 2. The van der Waals surface area contributed by atoms with Crippen molar-refractivity contribution in [3.05, 3.63) is 27.8 Å². The Morgan fingerprint density at radius 3 is 2.60 bits per heavy atom. The summed E-state index contributed by atoms with van der Waals surface area (Å²) in [5.41, 5.74) is -0.732. The predicted molar refractivity (Wildman–Crippen MR) is 108 cm³/mol. The van der Waals surface area contributed by atoms with Crippen LogP contribution in [0.4, 0.5) is 5.69 Å². The van der Waals surface area contributed by atoms with Gasteiger partial charge in [-0.05, 0) is 38.5 Å². The molecular formula is C21H28N2O7. The number of ether oxygens (including phenoxy) is 3. The molecule has 0 bridgehead atoms. The Morgan fingerprint density at radius 1 is 1.17 bits per heavy atom. The number of rotatable bonds is 7. The molecule has 1 amide bonds. The first kappa shape index (κ1) is 21.9. The van der Waals surface area contributed by atoms with Crippen LogP contribution in [0, 0.1) is 16.0 Å². The zero-order chi connectivity index (χ0) is 21.7. The number of hydrogen-bond acceptors (Lipinski definition) is 7. The number of esters is 1. The Kier molecular flexibility index (Phi) is 7.12. The van der Waals surface area contributed by atoms with Gasteiger partial charge in [0.1, 0.15) is 5.56 Å². The average molecular weight is 420 g/mol. The number of amides is 1. The highest BCUT2D eigenvalue weighted by molar-refractivity contribution is 5.96. The zero-order valence-corrected chi connectivity index (χ0v) is 17.4. The molecule has 164 valence electrons. The monoisotopic (exact) mass is 420 g/mol. The quantitative estimate of drug-likeness (QED) is 0.378. The third kappa shape index (κ3) is 4.66. The van der Waals surface area contributed by atoms with Crippen molar-refractivity contribution >= 4 is 17.6 Å². The number of methoxy groups -OCH3 is 1. The van der Waals surface area contributed by atoms with Crippen LogP contribution in [0.2, 0.25) is 0 Å². The molecule has 1 aliphatic carbocycles. The summed E-state index contributed by atoms with van der Waals surface area (Å²) in [5, 5.41) is 11.4. The molecule has 1 aliphatic heterocycles. The van der Waals surface area contributed by atoms with Gasteiger partial charge in [0.25, 0.3) is 11.6 Å². The van der Waals surface area contributed by atoms with Crippen LogP contribution in [0.3, 0.4) is 0 Å². The minimum atomic E-state index is -0.934. The summed E-state index contributed by atoms with van der Waals surface area (Å²) in [6.07, 6.45) is 6.48. The number of likely N-dealkylation sites (tertiary alicyclic amines) is 1. The molecule has 0 N–H and O–H groups in total. The maximum atomic E-state index is 12.7. The minimum Gasteiger partial charge on any atom is -0.493 e. The van der Waals surface area contributed by atoms with Crippen molar-refractivity contribution < 1.29 is 28.7 Å². The van der Waals surface area contributed by atoms with E-state index in [4.69, 9.17) is 14.2 Å². The molecule has 30 heavy (non-hydrogen) atoms. The average Bonchev–Trinajstić information content (AvgIpc) is 2.76. The molecule has 0 aromatic heterocycles. The molecule has 0 radical (unpaired) electrons. The molecule has 3 rings (SSSR count). The van der Waals surface area contributed by atoms with Crippen LogP contribution in [0.5, 0.6) is 11.5 Å². The normalized spacial score (nSPS) is 20.8. The standard InChI is InChI=1S/C21H28N2O7/c1-3-29-19-11-15(17(23(26)27)12-18(19)28-2)21(25)30-13-20(24)22-10-6-8-14-7-4-5-9-16(14)22/h11-12,14,16H,3-10,13H2,1-2H3/t14-,16-/m1/s1. The Morgan fingerprint density at radius 2 is 1.90 bits per heavy atom. The van der Waals surface area contributed by atoms with Crippen LogP contribution in [-0.4, -0.2) is 54.6 Å². The van der Waals surface area contributed by atoms with Crippen LogP contribution in [-0.2, 0) is 9.53 Å². The van der Waals surface area contributed by atoms with Gasteiger partial charge < -0.3 is 19.1 Å². The van der Waals surface area contributed by atoms with Crippen molar-refractivity contribution in [2.24, 2.45) is 5.92 Å². The molecule has 1 aromatic rings. The molecule has 2 fully saturated rings. The molecule has 0 spiro atoms. The van der Waals surface area contributed by atoms with Gasteiger partial charge in [-0.25, -0.2) is 4.79 Å². The highest BCUT2D eigenvalue weighted by atomic mass is 16.6. The van der Waals surface area contributed by atoms with E-state index < -0.39 is 23.2 Å². The Hall–Kier alpha value is -2.84. The van der Waals surface area contributed by atoms with E-state index in [0.29, 0.717) is 19.1 Å². The lowest BCUT2D eigenvalue weighted by molar-refractivity contribution is -0.385. The summed E-state index contributed by atoms with van der Waals surface area (Å²) in [5.74, 6) is -0.321. The number of nitro benzene ring substituents is 1. The Balaban J connectivity index is 1.72. The van der Waals surface area contributed by atoms with E-state index in [9.17, 15) is 19.7 Å². The van der Waals surface area contributed by atoms with E-state index in [-0.39, 0.29) is 29.0 Å². The van der Waals surface area contributed by atoms with Gasteiger partial charge in [-0.1, -0.05) is 12.8 Å². The second kappa shape index (κ2) is 9.77. The van der Waals surface area contributed by atoms with Gasteiger partial charge in [0.15, 0.2) is 18.1 Å². The van der Waals surface area contributed by atoms with Gasteiger partial charge >= 0.3 is 5.97 Å². The van der Waals surface area contributed by atoms with Crippen LogP contribution >= 0.6 is 0 Å². The van der Waals surface area contributed by atoms with Gasteiger partial charge in [-0.3, -0.25) is 14.9 Å². The first-order valence-electron chi connectivity index (χ1n) is 10.4. The first-order chi connectivity index (χ1) is 14.5. The minimum absolute atomic E-state index is 0.146. The predicted octanol–water partition coefficient (Wildman–Crippen LogP) is 3.34. The largest absolute Gasteiger partial charge is 0.493 e. The summed E-state index contributed by atoms with van der Waals surface area (Å²) in [6.45, 7) is 2.26. The molecule has 9 nitrogen and oxygen atoms in total. The summed E-state index contributed by atoms with van der Waals surface area (Å²) in [6, 6.07) is 2.56. The molecule has 2 atom stereocenters. The lowest BCUT2D eigenvalue weighted by Gasteiger charge is -2.44. The fourth-order valence-corrected chi connectivity index (χ4v) is 4.51. The van der Waals surface area contributed by atoms with Crippen molar-refractivity contribution in [3.8, 4) is 11.5 Å². The number of carbonyl (C=O) groups excluding carboxylic acids is 2. The summed E-state index contributed by atoms with van der Waals surface area (Å²) in [7, 11) is 1.36. The van der Waals surface area contributed by atoms with E-state index in [1.54, 1.807) is 6.92 Å². The summed E-state index contributed by atoms with van der Waals surface area (Å²) in [4.78, 5) is 37.9. The fourth-order valence-electron chi connectivity index (χ4n) is 4.51. The molecule has 0 unspecified atom stereocenters. The maximum absolute atomic E-state index is 12.7. The molecule has 1 heterocycles. The van der Waals surface area contributed by atoms with Gasteiger partial charge in [-0.2, -0.15) is 0 Å². The highest BCUT2D eigenvalue weighted by Crippen LogP contribution is 2.36. The van der Waals surface area contributed by atoms with Crippen LogP contribution < -0.4 is 9.47 Å². The topological polar surface area (TPSA) is 108 Å². The SMILES string of the molecule is CCOc1cc(C(=O)OCC(=O)N2CCC[C@H]3CCCC[C@H]32)c([N+](=O)[O-])cc1OC. The number of nitro groups is 1. The molecular weight excluding hydrogens is 392 g/mol. The van der Waals surface area contributed by atoms with E-state index in [1.807, 2.05) is 4.90 Å². The van der Waals surface area contributed by atoms with Crippen molar-refractivity contribution in [2.75, 3.05) is 26.9 Å².